The van der Waals surface area contributed by atoms with Gasteiger partial charge in [0, 0.05) is 34.2 Å². The van der Waals surface area contributed by atoms with Crippen molar-refractivity contribution < 1.29 is 0 Å². The second-order valence-corrected chi connectivity index (χ2v) is 6.03. The molecule has 1 heterocycles. The van der Waals surface area contributed by atoms with Gasteiger partial charge in [-0.2, -0.15) is 0 Å². The zero-order chi connectivity index (χ0) is 14.1. The maximum Gasteiger partial charge on any atom is 0.0501 e. The Labute approximate surface area is 131 Å². The van der Waals surface area contributed by atoms with Crippen LogP contribution in [-0.4, -0.2) is 4.57 Å². The van der Waals surface area contributed by atoms with Crippen molar-refractivity contribution >= 4 is 38.4 Å². The number of rotatable bonds is 3. The summed E-state index contributed by atoms with van der Waals surface area (Å²) in [4.78, 5) is 0. The Morgan fingerprint density at radius 1 is 1.10 bits per heavy atom. The van der Waals surface area contributed by atoms with Crippen molar-refractivity contribution in [2.24, 2.45) is 5.73 Å². The van der Waals surface area contributed by atoms with Crippen molar-refractivity contribution in [1.82, 2.24) is 4.57 Å². The van der Waals surface area contributed by atoms with Gasteiger partial charge in [0.15, 0.2) is 0 Å². The third-order valence-corrected chi connectivity index (χ3v) is 4.45. The third kappa shape index (κ3) is 2.49. The maximum atomic E-state index is 6.12. The lowest BCUT2D eigenvalue weighted by Crippen LogP contribution is -1.99. The van der Waals surface area contributed by atoms with E-state index in [0.717, 1.165) is 27.1 Å². The summed E-state index contributed by atoms with van der Waals surface area (Å²) in [6.45, 7) is 1.32. The smallest absolute Gasteiger partial charge is 0.0501 e. The van der Waals surface area contributed by atoms with Crippen LogP contribution in [0.15, 0.2) is 53.1 Å². The summed E-state index contributed by atoms with van der Waals surface area (Å²) in [6, 6.07) is 14.2. The van der Waals surface area contributed by atoms with Crippen LogP contribution < -0.4 is 5.73 Å². The van der Waals surface area contributed by atoms with Gasteiger partial charge in [-0.05, 0) is 29.3 Å². The van der Waals surface area contributed by atoms with E-state index in [1.54, 1.807) is 0 Å². The molecule has 2 N–H and O–H groups in total. The second-order valence-electron chi connectivity index (χ2n) is 4.74. The topological polar surface area (TPSA) is 30.9 Å². The normalized spacial score (nSPS) is 11.2. The summed E-state index contributed by atoms with van der Waals surface area (Å²) in [5, 5.41) is 1.91. The van der Waals surface area contributed by atoms with E-state index in [4.69, 9.17) is 17.3 Å². The zero-order valence-corrected chi connectivity index (χ0v) is 13.2. The first-order valence-electron chi connectivity index (χ1n) is 6.40. The molecule has 2 aromatic carbocycles. The summed E-state index contributed by atoms with van der Waals surface area (Å²) >= 11 is 9.72. The monoisotopic (exact) mass is 348 g/mol. The number of fused-ring (bicyclic) bond motifs is 1. The minimum Gasteiger partial charge on any atom is -0.343 e. The molecule has 0 aliphatic heterocycles. The summed E-state index contributed by atoms with van der Waals surface area (Å²) in [5.74, 6) is 0. The van der Waals surface area contributed by atoms with Gasteiger partial charge < -0.3 is 10.3 Å². The molecule has 0 bridgehead atoms. The number of nitrogens with zero attached hydrogens (tertiary/aromatic N) is 1. The van der Waals surface area contributed by atoms with Crippen LogP contribution in [0.1, 0.15) is 11.1 Å². The highest BCUT2D eigenvalue weighted by Gasteiger charge is 2.09. The molecule has 0 radical (unpaired) electrons. The first-order chi connectivity index (χ1) is 9.69. The van der Waals surface area contributed by atoms with E-state index in [0.29, 0.717) is 6.54 Å². The van der Waals surface area contributed by atoms with Crippen molar-refractivity contribution in [3.05, 3.63) is 69.3 Å². The van der Waals surface area contributed by atoms with Crippen molar-refractivity contribution in [3.8, 4) is 0 Å². The second kappa shape index (κ2) is 5.60. The van der Waals surface area contributed by atoms with Crippen molar-refractivity contribution in [2.75, 3.05) is 0 Å². The van der Waals surface area contributed by atoms with Crippen LogP contribution >= 0.6 is 27.5 Å². The fraction of sp³-hybridized carbons (Fsp3) is 0.125. The molecule has 0 saturated carbocycles. The molecule has 0 aliphatic rings. The molecule has 0 fully saturated rings. The van der Waals surface area contributed by atoms with Gasteiger partial charge in [-0.15, -0.1) is 0 Å². The Bertz CT molecular complexity index is 764. The number of hydrogen-bond donors (Lipinski definition) is 1. The van der Waals surface area contributed by atoms with Gasteiger partial charge in [-0.3, -0.25) is 0 Å². The molecule has 0 aliphatic carbocycles. The Morgan fingerprint density at radius 2 is 1.90 bits per heavy atom. The zero-order valence-electron chi connectivity index (χ0n) is 10.8. The summed E-state index contributed by atoms with van der Waals surface area (Å²) in [7, 11) is 0. The minimum atomic E-state index is 0.529. The van der Waals surface area contributed by atoms with E-state index < -0.39 is 0 Å². The molecule has 0 atom stereocenters. The Balaban J connectivity index is 2.12. The average Bonchev–Trinajstić information content (AvgIpc) is 2.79. The predicted molar refractivity (Wildman–Crippen MR) is 88.1 cm³/mol. The molecule has 4 heteroatoms. The molecule has 0 unspecified atom stereocenters. The molecule has 0 amide bonds. The van der Waals surface area contributed by atoms with Crippen LogP contribution in [0.2, 0.25) is 5.02 Å². The van der Waals surface area contributed by atoms with Crippen LogP contribution in [0.25, 0.3) is 10.9 Å². The fourth-order valence-corrected chi connectivity index (χ4v) is 3.02. The highest BCUT2D eigenvalue weighted by molar-refractivity contribution is 9.10. The lowest BCUT2D eigenvalue weighted by Gasteiger charge is -2.07. The first-order valence-corrected chi connectivity index (χ1v) is 7.57. The van der Waals surface area contributed by atoms with Gasteiger partial charge in [0.2, 0.25) is 0 Å². The fourth-order valence-electron chi connectivity index (χ4n) is 2.44. The molecule has 3 rings (SSSR count). The molecule has 0 saturated heterocycles. The molecular weight excluding hydrogens is 336 g/mol. The van der Waals surface area contributed by atoms with E-state index in [2.05, 4.69) is 38.8 Å². The van der Waals surface area contributed by atoms with Crippen molar-refractivity contribution in [3.63, 3.8) is 0 Å². The quantitative estimate of drug-likeness (QED) is 0.738. The molecule has 102 valence electrons. The average molecular weight is 350 g/mol. The Hall–Kier alpha value is -1.29. The molecule has 1 aromatic heterocycles. The molecule has 0 spiro atoms. The van der Waals surface area contributed by atoms with Crippen molar-refractivity contribution in [1.29, 1.82) is 0 Å². The third-order valence-electron chi connectivity index (χ3n) is 3.45. The lowest BCUT2D eigenvalue weighted by atomic mass is 10.2. The summed E-state index contributed by atoms with van der Waals surface area (Å²) in [5.41, 5.74) is 9.33. The number of halogens is 2. The van der Waals surface area contributed by atoms with Gasteiger partial charge in [0.25, 0.3) is 0 Å². The van der Waals surface area contributed by atoms with Gasteiger partial charge in [0.1, 0.15) is 0 Å². The maximum absolute atomic E-state index is 6.12. The van der Waals surface area contributed by atoms with E-state index in [1.807, 2.05) is 30.3 Å². The van der Waals surface area contributed by atoms with E-state index in [1.165, 1.54) is 10.9 Å². The lowest BCUT2D eigenvalue weighted by molar-refractivity contribution is 0.826. The largest absolute Gasteiger partial charge is 0.343 e. The van der Waals surface area contributed by atoms with E-state index >= 15 is 0 Å². The number of aromatic nitrogens is 1. The standard InChI is InChI=1S/C16H14BrClN2/c17-15-4-2-1-3-11(15)9-20-10-12(8-19)14-6-5-13(18)7-16(14)20/h1-7,10H,8-9,19H2. The molecular formula is C16H14BrClN2. The molecule has 2 nitrogen and oxygen atoms in total. The summed E-state index contributed by atoms with van der Waals surface area (Å²) in [6.07, 6.45) is 2.11. The van der Waals surface area contributed by atoms with Crippen LogP contribution in [0.4, 0.5) is 0 Å². The van der Waals surface area contributed by atoms with Gasteiger partial charge in [-0.1, -0.05) is 51.8 Å². The van der Waals surface area contributed by atoms with Crippen LogP contribution in [-0.2, 0) is 13.1 Å². The Kier molecular flexibility index (Phi) is 3.83. The predicted octanol–water partition coefficient (Wildman–Crippen LogP) is 4.56. The highest BCUT2D eigenvalue weighted by atomic mass is 79.9. The van der Waals surface area contributed by atoms with E-state index in [9.17, 15) is 0 Å². The van der Waals surface area contributed by atoms with Gasteiger partial charge in [0.05, 0.1) is 5.52 Å². The van der Waals surface area contributed by atoms with E-state index in [-0.39, 0.29) is 0 Å². The first kappa shape index (κ1) is 13.7. The summed E-state index contributed by atoms with van der Waals surface area (Å²) < 4.78 is 3.31. The number of nitrogens with two attached hydrogens (primary N) is 1. The van der Waals surface area contributed by atoms with Gasteiger partial charge >= 0.3 is 0 Å². The molecule has 20 heavy (non-hydrogen) atoms. The minimum absolute atomic E-state index is 0.529. The number of hydrogen-bond acceptors (Lipinski definition) is 1. The van der Waals surface area contributed by atoms with Crippen molar-refractivity contribution in [2.45, 2.75) is 13.1 Å². The van der Waals surface area contributed by atoms with Crippen LogP contribution in [0.5, 0.6) is 0 Å². The van der Waals surface area contributed by atoms with Crippen LogP contribution in [0.3, 0.4) is 0 Å². The van der Waals surface area contributed by atoms with Crippen LogP contribution in [0, 0.1) is 0 Å². The highest BCUT2D eigenvalue weighted by Crippen LogP contribution is 2.26. The van der Waals surface area contributed by atoms with Gasteiger partial charge in [-0.25, -0.2) is 0 Å². The molecule has 3 aromatic rings. The number of benzene rings is 2. The Morgan fingerprint density at radius 3 is 2.65 bits per heavy atom. The SMILES string of the molecule is NCc1cn(Cc2ccccc2Br)c2cc(Cl)ccc12.